The van der Waals surface area contributed by atoms with Crippen LogP contribution in [-0.2, 0) is 14.9 Å². The Morgan fingerprint density at radius 3 is 2.21 bits per heavy atom. The minimum absolute atomic E-state index is 0.156. The molecule has 1 rings (SSSR count). The molecule has 1 aromatic carbocycles. The van der Waals surface area contributed by atoms with Gasteiger partial charge in [-0.15, -0.1) is 0 Å². The maximum Gasteiger partial charge on any atom is 0.169 e. The molecular formula is C16H27NO2. The third kappa shape index (κ3) is 5.31. The average molecular weight is 265 g/mol. The van der Waals surface area contributed by atoms with Crippen molar-refractivity contribution in [1.82, 2.24) is 5.32 Å². The second kappa shape index (κ2) is 7.63. The van der Waals surface area contributed by atoms with E-state index in [0.717, 1.165) is 6.42 Å². The normalized spacial score (nSPS) is 13.8. The summed E-state index contributed by atoms with van der Waals surface area (Å²) in [6, 6.07) is 11.0. The molecule has 0 amide bonds. The van der Waals surface area contributed by atoms with Crippen molar-refractivity contribution in [3.63, 3.8) is 0 Å². The highest BCUT2D eigenvalue weighted by atomic mass is 16.7. The third-order valence-electron chi connectivity index (χ3n) is 3.53. The van der Waals surface area contributed by atoms with E-state index < -0.39 is 0 Å². The molecule has 0 bridgehead atoms. The first-order valence-corrected chi connectivity index (χ1v) is 6.84. The van der Waals surface area contributed by atoms with Crippen molar-refractivity contribution >= 4 is 0 Å². The molecule has 1 N–H and O–H groups in total. The highest BCUT2D eigenvalue weighted by molar-refractivity contribution is 5.23. The topological polar surface area (TPSA) is 30.5 Å². The molecule has 3 nitrogen and oxygen atoms in total. The van der Waals surface area contributed by atoms with Crippen LogP contribution in [0.4, 0.5) is 0 Å². The highest BCUT2D eigenvalue weighted by Gasteiger charge is 2.23. The largest absolute Gasteiger partial charge is 0.355 e. The van der Waals surface area contributed by atoms with Gasteiger partial charge < -0.3 is 14.8 Å². The van der Waals surface area contributed by atoms with Crippen LogP contribution in [0, 0.1) is 0 Å². The van der Waals surface area contributed by atoms with Crippen molar-refractivity contribution in [2.45, 2.75) is 44.9 Å². The summed E-state index contributed by atoms with van der Waals surface area (Å²) in [6.07, 6.45) is 0.888. The van der Waals surface area contributed by atoms with Gasteiger partial charge in [-0.1, -0.05) is 44.2 Å². The minimum Gasteiger partial charge on any atom is -0.355 e. The predicted molar refractivity (Wildman–Crippen MR) is 79.4 cm³/mol. The van der Waals surface area contributed by atoms with E-state index in [-0.39, 0.29) is 11.7 Å². The first-order chi connectivity index (χ1) is 8.99. The molecule has 108 valence electrons. The quantitative estimate of drug-likeness (QED) is 0.733. The van der Waals surface area contributed by atoms with E-state index in [9.17, 15) is 0 Å². The number of hydrogen-bond donors (Lipinski definition) is 1. The van der Waals surface area contributed by atoms with E-state index in [4.69, 9.17) is 9.47 Å². The first kappa shape index (κ1) is 16.2. The van der Waals surface area contributed by atoms with Crippen LogP contribution < -0.4 is 5.32 Å². The Labute approximate surface area is 117 Å². The molecule has 0 saturated carbocycles. The van der Waals surface area contributed by atoms with Gasteiger partial charge in [-0.25, -0.2) is 0 Å². The number of ether oxygens (including phenoxy) is 2. The van der Waals surface area contributed by atoms with Gasteiger partial charge >= 0.3 is 0 Å². The summed E-state index contributed by atoms with van der Waals surface area (Å²) in [5, 5.41) is 3.46. The summed E-state index contributed by atoms with van der Waals surface area (Å²) in [6.45, 7) is 7.47. The monoisotopic (exact) mass is 265 g/mol. The first-order valence-electron chi connectivity index (χ1n) is 6.84. The number of benzene rings is 1. The van der Waals surface area contributed by atoms with Crippen molar-refractivity contribution in [3.8, 4) is 0 Å². The van der Waals surface area contributed by atoms with Gasteiger partial charge in [-0.05, 0) is 24.3 Å². The van der Waals surface area contributed by atoms with Crippen molar-refractivity contribution in [2.24, 2.45) is 0 Å². The van der Waals surface area contributed by atoms with Gasteiger partial charge in [0.05, 0.1) is 0 Å². The van der Waals surface area contributed by atoms with Gasteiger partial charge in [-0.3, -0.25) is 0 Å². The molecule has 1 atom stereocenters. The fraction of sp³-hybridized carbons (Fsp3) is 0.625. The number of rotatable bonds is 8. The Morgan fingerprint density at radius 1 is 1.11 bits per heavy atom. The molecule has 0 aliphatic rings. The van der Waals surface area contributed by atoms with Gasteiger partial charge in [0.2, 0.25) is 0 Å². The van der Waals surface area contributed by atoms with Gasteiger partial charge in [0.25, 0.3) is 0 Å². The van der Waals surface area contributed by atoms with E-state index in [2.05, 4.69) is 56.4 Å². The Hall–Kier alpha value is -0.900. The van der Waals surface area contributed by atoms with Gasteiger partial charge in [0.15, 0.2) is 6.29 Å². The second-order valence-corrected chi connectivity index (χ2v) is 5.66. The zero-order valence-electron chi connectivity index (χ0n) is 12.8. The van der Waals surface area contributed by atoms with Gasteiger partial charge in [-0.2, -0.15) is 0 Å². The fourth-order valence-electron chi connectivity index (χ4n) is 2.41. The molecule has 1 unspecified atom stereocenters. The molecule has 0 aromatic heterocycles. The summed E-state index contributed by atoms with van der Waals surface area (Å²) in [5.74, 6) is 0. The molecule has 19 heavy (non-hydrogen) atoms. The number of methoxy groups -OCH3 is 2. The summed E-state index contributed by atoms with van der Waals surface area (Å²) < 4.78 is 10.4. The van der Waals surface area contributed by atoms with Crippen LogP contribution >= 0.6 is 0 Å². The van der Waals surface area contributed by atoms with Crippen LogP contribution in [-0.4, -0.2) is 33.1 Å². The molecular weight excluding hydrogens is 238 g/mol. The molecule has 0 saturated heterocycles. The van der Waals surface area contributed by atoms with E-state index >= 15 is 0 Å². The smallest absolute Gasteiger partial charge is 0.169 e. The van der Waals surface area contributed by atoms with Crippen LogP contribution in [0.25, 0.3) is 0 Å². The van der Waals surface area contributed by atoms with Crippen LogP contribution in [0.5, 0.6) is 0 Å². The lowest BCUT2D eigenvalue weighted by Gasteiger charge is -2.30. The molecule has 1 aromatic rings. The number of hydrogen-bond acceptors (Lipinski definition) is 3. The average Bonchev–Trinajstić information content (AvgIpc) is 2.40. The Morgan fingerprint density at radius 2 is 1.68 bits per heavy atom. The molecule has 3 heteroatoms. The second-order valence-electron chi connectivity index (χ2n) is 5.66. The summed E-state index contributed by atoms with van der Waals surface area (Å²) in [4.78, 5) is 0. The fourth-order valence-corrected chi connectivity index (χ4v) is 2.41. The lowest BCUT2D eigenvalue weighted by Crippen LogP contribution is -2.38. The zero-order chi connectivity index (χ0) is 14.3. The molecule has 0 spiro atoms. The van der Waals surface area contributed by atoms with Crippen LogP contribution in [0.15, 0.2) is 30.3 Å². The maximum atomic E-state index is 5.18. The van der Waals surface area contributed by atoms with E-state index in [0.29, 0.717) is 12.6 Å². The van der Waals surface area contributed by atoms with Gasteiger partial charge in [0.1, 0.15) is 0 Å². The van der Waals surface area contributed by atoms with Crippen molar-refractivity contribution in [1.29, 1.82) is 0 Å². The molecule has 0 fully saturated rings. The Bertz CT molecular complexity index is 347. The lowest BCUT2D eigenvalue weighted by atomic mass is 9.79. The lowest BCUT2D eigenvalue weighted by molar-refractivity contribution is -0.0999. The SMILES string of the molecule is COC(CNC(C)CC(C)(C)c1ccccc1)OC. The molecule has 0 heterocycles. The predicted octanol–water partition coefficient (Wildman–Crippen LogP) is 2.95. The van der Waals surface area contributed by atoms with Crippen molar-refractivity contribution in [2.75, 3.05) is 20.8 Å². The molecule has 0 radical (unpaired) electrons. The third-order valence-corrected chi connectivity index (χ3v) is 3.53. The summed E-state index contributed by atoms with van der Waals surface area (Å²) >= 11 is 0. The Balaban J connectivity index is 2.49. The summed E-state index contributed by atoms with van der Waals surface area (Å²) in [7, 11) is 3.32. The van der Waals surface area contributed by atoms with Crippen LogP contribution in [0.2, 0.25) is 0 Å². The Kier molecular flexibility index (Phi) is 6.49. The van der Waals surface area contributed by atoms with E-state index in [1.54, 1.807) is 14.2 Å². The summed E-state index contributed by atoms with van der Waals surface area (Å²) in [5.41, 5.74) is 1.53. The van der Waals surface area contributed by atoms with E-state index in [1.807, 2.05) is 0 Å². The van der Waals surface area contributed by atoms with Gasteiger partial charge in [0, 0.05) is 26.8 Å². The van der Waals surface area contributed by atoms with E-state index in [1.165, 1.54) is 5.56 Å². The molecule has 0 aliphatic carbocycles. The van der Waals surface area contributed by atoms with Crippen molar-refractivity contribution < 1.29 is 9.47 Å². The van der Waals surface area contributed by atoms with Crippen LogP contribution in [0.1, 0.15) is 32.8 Å². The maximum absolute atomic E-state index is 5.18. The minimum atomic E-state index is -0.178. The standard InChI is InChI=1S/C16H27NO2/c1-13(17-12-15(18-4)19-5)11-16(2,3)14-9-7-6-8-10-14/h6-10,13,15,17H,11-12H2,1-5H3. The highest BCUT2D eigenvalue weighted by Crippen LogP contribution is 2.28. The van der Waals surface area contributed by atoms with Crippen molar-refractivity contribution in [3.05, 3.63) is 35.9 Å². The molecule has 0 aliphatic heterocycles. The zero-order valence-corrected chi connectivity index (χ0v) is 12.8. The number of nitrogens with one attached hydrogen (secondary N) is 1. The van der Waals surface area contributed by atoms with Crippen LogP contribution in [0.3, 0.4) is 0 Å².